The summed E-state index contributed by atoms with van der Waals surface area (Å²) in [5.74, 6) is 7.56. The number of nitrogen functional groups attached to an aromatic ring is 1. The number of nitrogens with one attached hydrogen (secondary N) is 1. The van der Waals surface area contributed by atoms with Gasteiger partial charge in [-0.05, 0) is 31.2 Å². The van der Waals surface area contributed by atoms with Crippen LogP contribution in [0.15, 0.2) is 23.8 Å². The van der Waals surface area contributed by atoms with Crippen LogP contribution in [0.4, 0.5) is 11.6 Å². The molecule has 6 heteroatoms. The largest absolute Gasteiger partial charge is 0.349 e. The average molecular weight is 305 g/mol. The molecule has 2 aromatic heterocycles. The molecule has 0 saturated heterocycles. The topological polar surface area (TPSA) is 67.1 Å². The number of thiophene rings is 1. The lowest BCUT2D eigenvalue weighted by Gasteiger charge is -2.30. The lowest BCUT2D eigenvalue weighted by molar-refractivity contribution is 0.665. The molecule has 0 amide bonds. The summed E-state index contributed by atoms with van der Waals surface area (Å²) in [6.07, 6.45) is 1.57. The molecule has 2 heterocycles. The van der Waals surface area contributed by atoms with Gasteiger partial charge in [-0.2, -0.15) is 0 Å². The summed E-state index contributed by atoms with van der Waals surface area (Å²) in [6, 6.07) is 4.57. The van der Waals surface area contributed by atoms with E-state index in [-0.39, 0.29) is 5.92 Å². The molecule has 3 N–H and O–H groups in total. The van der Waals surface area contributed by atoms with Gasteiger partial charge in [-0.15, -0.1) is 11.3 Å². The fraction of sp³-hybridized carbons (Fsp3) is 0.467. The fourth-order valence-electron chi connectivity index (χ4n) is 2.33. The van der Waals surface area contributed by atoms with Crippen molar-refractivity contribution in [3.63, 3.8) is 0 Å². The summed E-state index contributed by atoms with van der Waals surface area (Å²) in [7, 11) is 0. The van der Waals surface area contributed by atoms with Gasteiger partial charge in [-0.1, -0.05) is 19.9 Å². The minimum absolute atomic E-state index is 0.289. The standard InChI is InChI=1S/C15H23N5S/c1-10(2)13-14(19-16)17-9-18-15(13)20(11(3)4)8-12-6-5-7-21-12/h5-7,9-11H,8,16H2,1-4H3,(H,17,18,19). The molecule has 0 saturated carbocycles. The number of hydrazine groups is 1. The SMILES string of the molecule is CC(C)c1c(NN)ncnc1N(Cc1cccs1)C(C)C. The summed E-state index contributed by atoms with van der Waals surface area (Å²) in [4.78, 5) is 12.4. The van der Waals surface area contributed by atoms with Crippen LogP contribution < -0.4 is 16.2 Å². The quantitative estimate of drug-likeness (QED) is 0.633. The molecule has 2 rings (SSSR count). The molecular formula is C15H23N5S. The van der Waals surface area contributed by atoms with Gasteiger partial charge in [-0.3, -0.25) is 0 Å². The van der Waals surface area contributed by atoms with Crippen LogP contribution in [-0.4, -0.2) is 16.0 Å². The van der Waals surface area contributed by atoms with Crippen molar-refractivity contribution < 1.29 is 0 Å². The highest BCUT2D eigenvalue weighted by molar-refractivity contribution is 7.09. The molecule has 0 aliphatic heterocycles. The Balaban J connectivity index is 2.44. The zero-order chi connectivity index (χ0) is 15.4. The minimum Gasteiger partial charge on any atom is -0.349 e. The Labute approximate surface area is 130 Å². The molecule has 0 aromatic carbocycles. The van der Waals surface area contributed by atoms with Gasteiger partial charge in [0.05, 0.1) is 6.54 Å². The Bertz CT molecular complexity index is 565. The molecule has 0 bridgehead atoms. The summed E-state index contributed by atoms with van der Waals surface area (Å²) in [5.41, 5.74) is 3.76. The van der Waals surface area contributed by atoms with Gasteiger partial charge >= 0.3 is 0 Å². The van der Waals surface area contributed by atoms with E-state index in [9.17, 15) is 0 Å². The predicted octanol–water partition coefficient (Wildman–Crippen LogP) is 3.36. The third-order valence-electron chi connectivity index (χ3n) is 3.38. The first-order valence-corrected chi connectivity index (χ1v) is 8.03. The normalized spacial score (nSPS) is 11.2. The summed E-state index contributed by atoms with van der Waals surface area (Å²) >= 11 is 1.76. The number of anilines is 2. The first-order chi connectivity index (χ1) is 10.0. The van der Waals surface area contributed by atoms with Gasteiger partial charge in [0, 0.05) is 16.5 Å². The monoisotopic (exact) mass is 305 g/mol. The van der Waals surface area contributed by atoms with Crippen LogP contribution in [0.2, 0.25) is 0 Å². The maximum atomic E-state index is 5.61. The molecule has 5 nitrogen and oxygen atoms in total. The van der Waals surface area contributed by atoms with Crippen LogP contribution in [0.5, 0.6) is 0 Å². The number of nitrogens with zero attached hydrogens (tertiary/aromatic N) is 3. The number of aromatic nitrogens is 2. The third-order valence-corrected chi connectivity index (χ3v) is 4.24. The Hall–Kier alpha value is -1.66. The highest BCUT2D eigenvalue weighted by Gasteiger charge is 2.21. The van der Waals surface area contributed by atoms with Gasteiger partial charge < -0.3 is 10.3 Å². The number of rotatable bonds is 6. The van der Waals surface area contributed by atoms with E-state index in [4.69, 9.17) is 5.84 Å². The van der Waals surface area contributed by atoms with Gasteiger partial charge in [0.25, 0.3) is 0 Å². The molecule has 114 valence electrons. The molecule has 0 aliphatic rings. The summed E-state index contributed by atoms with van der Waals surface area (Å²) in [5, 5.41) is 2.10. The third kappa shape index (κ3) is 3.51. The first kappa shape index (κ1) is 15.7. The van der Waals surface area contributed by atoms with Crippen molar-refractivity contribution >= 4 is 23.0 Å². The highest BCUT2D eigenvalue weighted by atomic mass is 32.1. The fourth-order valence-corrected chi connectivity index (χ4v) is 3.04. The second-order valence-electron chi connectivity index (χ2n) is 5.56. The average Bonchev–Trinajstić information content (AvgIpc) is 2.96. The van der Waals surface area contributed by atoms with Crippen molar-refractivity contribution in [3.8, 4) is 0 Å². The van der Waals surface area contributed by atoms with E-state index < -0.39 is 0 Å². The van der Waals surface area contributed by atoms with E-state index in [2.05, 4.69) is 65.5 Å². The van der Waals surface area contributed by atoms with Gasteiger partial charge in [0.15, 0.2) is 0 Å². The first-order valence-electron chi connectivity index (χ1n) is 7.15. The molecule has 2 aromatic rings. The van der Waals surface area contributed by atoms with Gasteiger partial charge in [0.2, 0.25) is 0 Å². The summed E-state index contributed by atoms with van der Waals surface area (Å²) < 4.78 is 0. The molecule has 0 radical (unpaired) electrons. The molecular weight excluding hydrogens is 282 g/mol. The van der Waals surface area contributed by atoms with Crippen LogP contribution in [0.1, 0.15) is 44.1 Å². The van der Waals surface area contributed by atoms with Crippen molar-refractivity contribution in [3.05, 3.63) is 34.3 Å². The molecule has 21 heavy (non-hydrogen) atoms. The van der Waals surface area contributed by atoms with Crippen LogP contribution in [0, 0.1) is 0 Å². The van der Waals surface area contributed by atoms with Crippen LogP contribution >= 0.6 is 11.3 Å². The lowest BCUT2D eigenvalue weighted by Crippen LogP contribution is -2.32. The van der Waals surface area contributed by atoms with Crippen molar-refractivity contribution in [2.45, 2.75) is 46.2 Å². The highest BCUT2D eigenvalue weighted by Crippen LogP contribution is 2.32. The Morgan fingerprint density at radius 1 is 1.29 bits per heavy atom. The van der Waals surface area contributed by atoms with Gasteiger partial charge in [0.1, 0.15) is 18.0 Å². The Kier molecular flexibility index (Phi) is 5.14. The molecule has 0 fully saturated rings. The van der Waals surface area contributed by atoms with E-state index in [1.807, 2.05) is 0 Å². The van der Waals surface area contributed by atoms with Crippen LogP contribution in [0.3, 0.4) is 0 Å². The molecule has 0 unspecified atom stereocenters. The van der Waals surface area contributed by atoms with E-state index >= 15 is 0 Å². The van der Waals surface area contributed by atoms with Gasteiger partial charge in [-0.25, -0.2) is 15.8 Å². The number of hydrogen-bond acceptors (Lipinski definition) is 6. The summed E-state index contributed by atoms with van der Waals surface area (Å²) in [6.45, 7) is 9.46. The number of nitrogens with two attached hydrogens (primary N) is 1. The second-order valence-corrected chi connectivity index (χ2v) is 6.59. The smallest absolute Gasteiger partial charge is 0.148 e. The van der Waals surface area contributed by atoms with Crippen molar-refractivity contribution in [1.29, 1.82) is 0 Å². The zero-order valence-corrected chi connectivity index (χ0v) is 13.8. The van der Waals surface area contributed by atoms with E-state index in [0.717, 1.165) is 17.9 Å². The Morgan fingerprint density at radius 3 is 2.57 bits per heavy atom. The lowest BCUT2D eigenvalue weighted by atomic mass is 10.0. The number of hydrogen-bond donors (Lipinski definition) is 2. The van der Waals surface area contributed by atoms with E-state index in [1.54, 1.807) is 17.7 Å². The maximum absolute atomic E-state index is 5.61. The minimum atomic E-state index is 0.289. The van der Waals surface area contributed by atoms with E-state index in [0.29, 0.717) is 11.9 Å². The predicted molar refractivity (Wildman–Crippen MR) is 89.6 cm³/mol. The van der Waals surface area contributed by atoms with Crippen molar-refractivity contribution in [2.75, 3.05) is 10.3 Å². The van der Waals surface area contributed by atoms with Crippen LogP contribution in [-0.2, 0) is 6.54 Å². The molecule has 0 aliphatic carbocycles. The van der Waals surface area contributed by atoms with Crippen molar-refractivity contribution in [1.82, 2.24) is 9.97 Å². The molecule has 0 spiro atoms. The Morgan fingerprint density at radius 2 is 2.05 bits per heavy atom. The van der Waals surface area contributed by atoms with Crippen LogP contribution in [0.25, 0.3) is 0 Å². The zero-order valence-electron chi connectivity index (χ0n) is 13.0. The second kappa shape index (κ2) is 6.87. The van der Waals surface area contributed by atoms with Crippen molar-refractivity contribution in [2.24, 2.45) is 5.84 Å². The maximum Gasteiger partial charge on any atom is 0.148 e. The van der Waals surface area contributed by atoms with E-state index in [1.165, 1.54) is 4.88 Å². The molecule has 0 atom stereocenters.